The van der Waals surface area contributed by atoms with Crippen molar-refractivity contribution in [3.8, 4) is 5.75 Å². The highest BCUT2D eigenvalue weighted by Crippen LogP contribution is 2.21. The Labute approximate surface area is 159 Å². The lowest BCUT2D eigenvalue weighted by molar-refractivity contribution is 0.108. The molecule has 0 aliphatic carbocycles. The number of aryl methyl sites for hydroxylation is 2. The Balaban J connectivity index is 1.63. The number of aromatic nitrogens is 2. The Bertz CT molecular complexity index is 957. The van der Waals surface area contributed by atoms with Crippen molar-refractivity contribution in [1.82, 2.24) is 14.5 Å². The second-order valence-corrected chi connectivity index (χ2v) is 6.80. The third kappa shape index (κ3) is 4.23. The van der Waals surface area contributed by atoms with Crippen LogP contribution in [0, 0.1) is 0 Å². The van der Waals surface area contributed by atoms with Crippen molar-refractivity contribution < 1.29 is 9.84 Å². The summed E-state index contributed by atoms with van der Waals surface area (Å²) < 4.78 is 8.91. The Hall–Kier alpha value is -2.57. The third-order valence-corrected chi connectivity index (χ3v) is 4.77. The summed E-state index contributed by atoms with van der Waals surface area (Å²) in [6.07, 6.45) is 0.345. The zero-order chi connectivity index (χ0) is 19.4. The van der Waals surface area contributed by atoms with Gasteiger partial charge in [0, 0.05) is 20.6 Å². The van der Waals surface area contributed by atoms with Gasteiger partial charge in [0.05, 0.1) is 11.0 Å². The fraction of sp³-hybridized carbons (Fsp3) is 0.381. The first kappa shape index (κ1) is 19.2. The number of hydrogen-bond acceptors (Lipinski definition) is 4. The van der Waals surface area contributed by atoms with Gasteiger partial charge in [-0.15, -0.1) is 0 Å². The smallest absolute Gasteiger partial charge is 0.328 e. The fourth-order valence-electron chi connectivity index (χ4n) is 3.12. The van der Waals surface area contributed by atoms with Crippen molar-refractivity contribution in [1.29, 1.82) is 0 Å². The number of nitrogens with one attached hydrogen (secondary N) is 1. The van der Waals surface area contributed by atoms with Crippen LogP contribution in [0.3, 0.4) is 0 Å². The monoisotopic (exact) mass is 369 g/mol. The molecule has 3 aromatic rings. The van der Waals surface area contributed by atoms with Gasteiger partial charge in [-0.2, -0.15) is 0 Å². The summed E-state index contributed by atoms with van der Waals surface area (Å²) >= 11 is 0. The molecule has 0 aliphatic rings. The number of benzene rings is 2. The molecule has 1 aromatic heterocycles. The lowest BCUT2D eigenvalue weighted by Gasteiger charge is -2.13. The van der Waals surface area contributed by atoms with Crippen molar-refractivity contribution in [2.75, 3.05) is 13.2 Å². The van der Waals surface area contributed by atoms with Crippen molar-refractivity contribution >= 4 is 11.0 Å². The average Bonchev–Trinajstić information content (AvgIpc) is 2.91. The number of nitrogens with zero attached hydrogens (tertiary/aromatic N) is 2. The molecule has 6 heteroatoms. The highest BCUT2D eigenvalue weighted by molar-refractivity contribution is 5.76. The van der Waals surface area contributed by atoms with Crippen LogP contribution in [0.4, 0.5) is 0 Å². The van der Waals surface area contributed by atoms with Crippen molar-refractivity contribution in [3.05, 3.63) is 64.1 Å². The van der Waals surface area contributed by atoms with Gasteiger partial charge in [-0.3, -0.25) is 9.13 Å². The molecule has 27 heavy (non-hydrogen) atoms. The number of ether oxygens (including phenoxy) is 1. The van der Waals surface area contributed by atoms with Crippen molar-refractivity contribution in [2.24, 2.45) is 14.1 Å². The predicted octanol–water partition coefficient (Wildman–Crippen LogP) is 2.49. The maximum absolute atomic E-state index is 12.0. The molecule has 0 spiro atoms. The van der Waals surface area contributed by atoms with E-state index in [0.717, 1.165) is 41.9 Å². The average molecular weight is 369 g/mol. The minimum Gasteiger partial charge on any atom is -0.491 e. The van der Waals surface area contributed by atoms with Crippen LogP contribution in [0.1, 0.15) is 30.6 Å². The standard InChI is InChI=1S/C21H27N3O3/c1-4-11-22-13-15-5-8-17(9-6-15)27-14-20(25)16-7-10-18-19(12-16)24(3)21(26)23(18)2/h5-10,12,20,22,25H,4,11,13-14H2,1-3H3. The second-order valence-electron chi connectivity index (χ2n) is 6.80. The van der Waals surface area contributed by atoms with Gasteiger partial charge in [0.25, 0.3) is 0 Å². The number of aliphatic hydroxyl groups excluding tert-OH is 1. The van der Waals surface area contributed by atoms with Crippen molar-refractivity contribution in [2.45, 2.75) is 26.0 Å². The Morgan fingerprint density at radius 3 is 2.48 bits per heavy atom. The topological polar surface area (TPSA) is 68.4 Å². The van der Waals surface area contributed by atoms with Crippen molar-refractivity contribution in [3.63, 3.8) is 0 Å². The van der Waals surface area contributed by atoms with Crippen LogP contribution < -0.4 is 15.7 Å². The predicted molar refractivity (Wildman–Crippen MR) is 107 cm³/mol. The van der Waals surface area contributed by atoms with E-state index >= 15 is 0 Å². The molecule has 1 heterocycles. The first-order valence-electron chi connectivity index (χ1n) is 9.27. The van der Waals surface area contributed by atoms with Gasteiger partial charge in [-0.05, 0) is 48.4 Å². The van der Waals surface area contributed by atoms with E-state index in [1.165, 1.54) is 5.56 Å². The third-order valence-electron chi connectivity index (χ3n) is 4.77. The van der Waals surface area contributed by atoms with E-state index in [-0.39, 0.29) is 12.3 Å². The molecule has 2 N–H and O–H groups in total. The van der Waals surface area contributed by atoms with E-state index in [1.54, 1.807) is 23.2 Å². The van der Waals surface area contributed by atoms with Gasteiger partial charge in [-0.25, -0.2) is 4.79 Å². The van der Waals surface area contributed by atoms with E-state index < -0.39 is 6.10 Å². The number of aliphatic hydroxyl groups is 1. The molecular weight excluding hydrogens is 342 g/mol. The van der Waals surface area contributed by atoms with Crippen LogP contribution >= 0.6 is 0 Å². The quantitative estimate of drug-likeness (QED) is 0.599. The minimum atomic E-state index is -0.768. The summed E-state index contributed by atoms with van der Waals surface area (Å²) in [6, 6.07) is 13.4. The van der Waals surface area contributed by atoms with Crippen LogP contribution in [0.5, 0.6) is 5.75 Å². The van der Waals surface area contributed by atoms with Gasteiger partial charge >= 0.3 is 5.69 Å². The summed E-state index contributed by atoms with van der Waals surface area (Å²) in [5.74, 6) is 0.724. The van der Waals surface area contributed by atoms with E-state index in [0.29, 0.717) is 0 Å². The first-order valence-corrected chi connectivity index (χ1v) is 9.27. The van der Waals surface area contributed by atoms with E-state index in [1.807, 2.05) is 42.5 Å². The van der Waals surface area contributed by atoms with E-state index in [4.69, 9.17) is 4.74 Å². The van der Waals surface area contributed by atoms with Gasteiger partial charge in [0.15, 0.2) is 0 Å². The Kier molecular flexibility index (Phi) is 5.98. The Morgan fingerprint density at radius 1 is 1.07 bits per heavy atom. The van der Waals surface area contributed by atoms with Gasteiger partial charge in [-0.1, -0.05) is 25.1 Å². The largest absolute Gasteiger partial charge is 0.491 e. The minimum absolute atomic E-state index is 0.0820. The zero-order valence-corrected chi connectivity index (χ0v) is 16.1. The molecule has 3 rings (SSSR count). The molecule has 1 atom stereocenters. The molecule has 6 nitrogen and oxygen atoms in total. The lowest BCUT2D eigenvalue weighted by atomic mass is 10.1. The Morgan fingerprint density at radius 2 is 1.78 bits per heavy atom. The molecule has 0 amide bonds. The van der Waals surface area contributed by atoms with Crippen LogP contribution in [0.2, 0.25) is 0 Å². The highest BCUT2D eigenvalue weighted by atomic mass is 16.5. The van der Waals surface area contributed by atoms with Crippen LogP contribution in [-0.2, 0) is 20.6 Å². The number of imidazole rings is 1. The summed E-state index contributed by atoms with van der Waals surface area (Å²) in [6.45, 7) is 4.14. The van der Waals surface area contributed by atoms with Gasteiger partial charge in [0.1, 0.15) is 18.5 Å². The van der Waals surface area contributed by atoms with Crippen LogP contribution in [-0.4, -0.2) is 27.4 Å². The fourth-order valence-corrected chi connectivity index (χ4v) is 3.12. The van der Waals surface area contributed by atoms with Gasteiger partial charge in [0.2, 0.25) is 0 Å². The SMILES string of the molecule is CCCNCc1ccc(OCC(O)c2ccc3c(c2)n(C)c(=O)n3C)cc1. The highest BCUT2D eigenvalue weighted by Gasteiger charge is 2.13. The number of fused-ring (bicyclic) bond motifs is 1. The van der Waals surface area contributed by atoms with Gasteiger partial charge < -0.3 is 15.2 Å². The molecule has 0 saturated heterocycles. The first-order chi connectivity index (χ1) is 13.0. The number of rotatable bonds is 8. The summed E-state index contributed by atoms with van der Waals surface area (Å²) in [5, 5.41) is 13.8. The maximum atomic E-state index is 12.0. The van der Waals surface area contributed by atoms with Crippen LogP contribution in [0.15, 0.2) is 47.3 Å². The molecule has 0 bridgehead atoms. The summed E-state index contributed by atoms with van der Waals surface area (Å²) in [4.78, 5) is 12.0. The van der Waals surface area contributed by atoms with Crippen LogP contribution in [0.25, 0.3) is 11.0 Å². The molecule has 0 radical (unpaired) electrons. The molecule has 0 fully saturated rings. The summed E-state index contributed by atoms with van der Waals surface area (Å²) in [7, 11) is 3.47. The summed E-state index contributed by atoms with van der Waals surface area (Å²) in [5.41, 5.74) is 3.48. The van der Waals surface area contributed by atoms with E-state index in [9.17, 15) is 9.90 Å². The lowest BCUT2D eigenvalue weighted by Crippen LogP contribution is -2.19. The molecule has 0 saturated carbocycles. The molecule has 1 unspecified atom stereocenters. The molecule has 144 valence electrons. The molecule has 0 aliphatic heterocycles. The maximum Gasteiger partial charge on any atom is 0.328 e. The number of hydrogen-bond donors (Lipinski definition) is 2. The zero-order valence-electron chi connectivity index (χ0n) is 16.1. The van der Waals surface area contributed by atoms with E-state index in [2.05, 4.69) is 12.2 Å². The second kappa shape index (κ2) is 8.41. The normalized spacial score (nSPS) is 12.4. The molecular formula is C21H27N3O3. The molecule has 2 aromatic carbocycles.